The van der Waals surface area contributed by atoms with E-state index in [4.69, 9.17) is 9.52 Å². The molecule has 2 aromatic rings. The van der Waals surface area contributed by atoms with Crippen LogP contribution in [0.3, 0.4) is 0 Å². The van der Waals surface area contributed by atoms with E-state index in [0.29, 0.717) is 0 Å². The molecular weight excluding hydrogens is 276 g/mol. The van der Waals surface area contributed by atoms with Gasteiger partial charge in [0, 0.05) is 10.0 Å². The van der Waals surface area contributed by atoms with Crippen molar-refractivity contribution in [2.24, 2.45) is 0 Å². The van der Waals surface area contributed by atoms with E-state index in [9.17, 15) is 4.79 Å². The first-order chi connectivity index (χ1) is 7.58. The van der Waals surface area contributed by atoms with Crippen molar-refractivity contribution in [2.75, 3.05) is 0 Å². The van der Waals surface area contributed by atoms with Crippen LogP contribution >= 0.6 is 15.9 Å². The summed E-state index contributed by atoms with van der Waals surface area (Å²) in [7, 11) is 0. The van der Waals surface area contributed by atoms with Crippen molar-refractivity contribution in [2.45, 2.75) is 6.92 Å². The molecule has 0 spiro atoms. The summed E-state index contributed by atoms with van der Waals surface area (Å²) < 4.78 is 5.89. The third-order valence-corrected chi connectivity index (χ3v) is 2.53. The van der Waals surface area contributed by atoms with E-state index in [-0.39, 0.29) is 5.89 Å². The molecule has 1 N–H and O–H groups in total. The summed E-state index contributed by atoms with van der Waals surface area (Å²) in [6, 6.07) is 5.56. The fourth-order valence-corrected chi connectivity index (χ4v) is 1.60. The Labute approximate surface area is 99.2 Å². The van der Waals surface area contributed by atoms with E-state index in [0.717, 1.165) is 15.6 Å². The molecule has 0 atom stereocenters. The van der Waals surface area contributed by atoms with Crippen LogP contribution < -0.4 is 0 Å². The number of benzene rings is 1. The Morgan fingerprint density at radius 2 is 2.19 bits per heavy atom. The SMILES string of the molecule is Cc1ccc(Br)cc1-c1nnc(C(=O)O)o1. The van der Waals surface area contributed by atoms with E-state index in [1.54, 1.807) is 6.07 Å². The number of carbonyl (C=O) groups is 1. The molecule has 16 heavy (non-hydrogen) atoms. The van der Waals surface area contributed by atoms with Crippen LogP contribution in [0.1, 0.15) is 16.2 Å². The normalized spacial score (nSPS) is 10.4. The molecule has 0 aliphatic heterocycles. The van der Waals surface area contributed by atoms with Crippen molar-refractivity contribution in [3.63, 3.8) is 0 Å². The van der Waals surface area contributed by atoms with Crippen molar-refractivity contribution in [1.29, 1.82) is 0 Å². The summed E-state index contributed by atoms with van der Waals surface area (Å²) >= 11 is 3.32. The first-order valence-corrected chi connectivity index (χ1v) is 5.20. The van der Waals surface area contributed by atoms with Gasteiger partial charge in [-0.2, -0.15) is 0 Å². The first kappa shape index (κ1) is 10.8. The minimum Gasteiger partial charge on any atom is -0.474 e. The fourth-order valence-electron chi connectivity index (χ4n) is 1.24. The molecule has 0 saturated heterocycles. The molecule has 1 aromatic carbocycles. The third kappa shape index (κ3) is 1.96. The van der Waals surface area contributed by atoms with Gasteiger partial charge >= 0.3 is 11.9 Å². The lowest BCUT2D eigenvalue weighted by Gasteiger charge is -2.00. The molecule has 0 radical (unpaired) electrons. The largest absolute Gasteiger partial charge is 0.474 e. The number of nitrogens with zero attached hydrogens (tertiary/aromatic N) is 2. The van der Waals surface area contributed by atoms with Crippen LogP contribution in [-0.2, 0) is 0 Å². The Kier molecular flexibility index (Phi) is 2.74. The average Bonchev–Trinajstić information content (AvgIpc) is 2.70. The summed E-state index contributed by atoms with van der Waals surface area (Å²) in [5.41, 5.74) is 1.65. The molecule has 6 heteroatoms. The Hall–Kier alpha value is -1.69. The van der Waals surface area contributed by atoms with Crippen LogP contribution in [0, 0.1) is 6.92 Å². The Balaban J connectivity index is 2.50. The predicted octanol–water partition coefficient (Wildman–Crippen LogP) is 2.51. The number of carboxylic acids is 1. The van der Waals surface area contributed by atoms with Crippen molar-refractivity contribution in [3.05, 3.63) is 34.1 Å². The van der Waals surface area contributed by atoms with Crippen LogP contribution in [0.5, 0.6) is 0 Å². The van der Waals surface area contributed by atoms with Gasteiger partial charge in [-0.15, -0.1) is 10.2 Å². The molecule has 0 bridgehead atoms. The summed E-state index contributed by atoms with van der Waals surface area (Å²) in [6.07, 6.45) is 0. The van der Waals surface area contributed by atoms with E-state index in [1.807, 2.05) is 19.1 Å². The minimum absolute atomic E-state index is 0.205. The van der Waals surface area contributed by atoms with E-state index in [2.05, 4.69) is 26.1 Å². The highest BCUT2D eigenvalue weighted by atomic mass is 79.9. The highest BCUT2D eigenvalue weighted by Gasteiger charge is 2.15. The number of aromatic carboxylic acids is 1. The zero-order chi connectivity index (χ0) is 11.7. The van der Waals surface area contributed by atoms with E-state index in [1.165, 1.54) is 0 Å². The molecule has 0 fully saturated rings. The number of rotatable bonds is 2. The van der Waals surface area contributed by atoms with E-state index >= 15 is 0 Å². The number of halogens is 1. The smallest absolute Gasteiger partial charge is 0.393 e. The van der Waals surface area contributed by atoms with Crippen LogP contribution in [-0.4, -0.2) is 21.3 Å². The van der Waals surface area contributed by atoms with Gasteiger partial charge in [0.25, 0.3) is 0 Å². The van der Waals surface area contributed by atoms with Crippen molar-refractivity contribution >= 4 is 21.9 Å². The zero-order valence-electron chi connectivity index (χ0n) is 8.27. The molecule has 5 nitrogen and oxygen atoms in total. The lowest BCUT2D eigenvalue weighted by molar-refractivity contribution is 0.0654. The van der Waals surface area contributed by atoms with Gasteiger partial charge in [-0.25, -0.2) is 4.79 Å². The second kappa shape index (κ2) is 4.05. The Bertz CT molecular complexity index is 551. The summed E-state index contributed by atoms with van der Waals surface area (Å²) in [5.74, 6) is -1.43. The van der Waals surface area contributed by atoms with Crippen LogP contribution in [0.25, 0.3) is 11.5 Å². The summed E-state index contributed by atoms with van der Waals surface area (Å²) in [6.45, 7) is 1.88. The number of hydrogen-bond acceptors (Lipinski definition) is 4. The molecule has 82 valence electrons. The summed E-state index contributed by atoms with van der Waals surface area (Å²) in [4.78, 5) is 10.6. The molecule has 0 aliphatic rings. The molecule has 0 amide bonds. The van der Waals surface area contributed by atoms with Crippen LogP contribution in [0.4, 0.5) is 0 Å². The van der Waals surface area contributed by atoms with Crippen LogP contribution in [0.2, 0.25) is 0 Å². The molecule has 2 rings (SSSR count). The van der Waals surface area contributed by atoms with Gasteiger partial charge in [0.2, 0.25) is 5.89 Å². The predicted molar refractivity (Wildman–Crippen MR) is 59.1 cm³/mol. The highest BCUT2D eigenvalue weighted by Crippen LogP contribution is 2.25. The molecule has 0 unspecified atom stereocenters. The monoisotopic (exact) mass is 282 g/mol. The number of carboxylic acid groups (broad SMARTS) is 1. The lowest BCUT2D eigenvalue weighted by atomic mass is 10.1. The maximum atomic E-state index is 10.6. The first-order valence-electron chi connectivity index (χ1n) is 4.41. The number of aryl methyl sites for hydroxylation is 1. The summed E-state index contributed by atoms with van der Waals surface area (Å²) in [5, 5.41) is 15.8. The molecule has 1 heterocycles. The fraction of sp³-hybridized carbons (Fsp3) is 0.100. The Morgan fingerprint density at radius 1 is 1.44 bits per heavy atom. The van der Waals surface area contributed by atoms with E-state index < -0.39 is 11.9 Å². The quantitative estimate of drug-likeness (QED) is 0.916. The zero-order valence-corrected chi connectivity index (χ0v) is 9.85. The van der Waals surface area contributed by atoms with Crippen molar-refractivity contribution in [3.8, 4) is 11.5 Å². The van der Waals surface area contributed by atoms with Crippen LogP contribution in [0.15, 0.2) is 27.1 Å². The second-order valence-corrected chi connectivity index (χ2v) is 4.09. The third-order valence-electron chi connectivity index (χ3n) is 2.04. The maximum absolute atomic E-state index is 10.6. The standard InChI is InChI=1S/C10H7BrN2O3/c1-5-2-3-6(11)4-7(5)8-12-13-9(16-8)10(14)15/h2-4H,1H3,(H,14,15). The van der Waals surface area contributed by atoms with Gasteiger partial charge in [-0.3, -0.25) is 0 Å². The van der Waals surface area contributed by atoms with Gasteiger partial charge in [0.05, 0.1) is 0 Å². The topological polar surface area (TPSA) is 76.2 Å². The van der Waals surface area contributed by atoms with Gasteiger partial charge in [0.15, 0.2) is 0 Å². The lowest BCUT2D eigenvalue weighted by Crippen LogP contribution is -1.95. The van der Waals surface area contributed by atoms with Gasteiger partial charge in [-0.05, 0) is 24.6 Å². The number of aromatic nitrogens is 2. The second-order valence-electron chi connectivity index (χ2n) is 3.18. The average molecular weight is 283 g/mol. The molecule has 0 aliphatic carbocycles. The Morgan fingerprint density at radius 3 is 2.81 bits per heavy atom. The van der Waals surface area contributed by atoms with Gasteiger partial charge < -0.3 is 9.52 Å². The van der Waals surface area contributed by atoms with Crippen molar-refractivity contribution < 1.29 is 14.3 Å². The van der Waals surface area contributed by atoms with Crippen molar-refractivity contribution in [1.82, 2.24) is 10.2 Å². The molecular formula is C10H7BrN2O3. The van der Waals surface area contributed by atoms with Gasteiger partial charge in [0.1, 0.15) is 0 Å². The van der Waals surface area contributed by atoms with Gasteiger partial charge in [-0.1, -0.05) is 22.0 Å². The molecule has 0 saturated carbocycles. The number of hydrogen-bond donors (Lipinski definition) is 1. The maximum Gasteiger partial charge on any atom is 0.393 e. The minimum atomic E-state index is -1.23. The molecule has 1 aromatic heterocycles. The highest BCUT2D eigenvalue weighted by molar-refractivity contribution is 9.10.